The molecule has 1 amide bonds. The smallest absolute Gasteiger partial charge is 0.311 e. The number of hydrogen-bond donors (Lipinski definition) is 1. The van der Waals surface area contributed by atoms with Gasteiger partial charge in [0.2, 0.25) is 5.91 Å². The molecular weight excluding hydrogens is 334 g/mol. The predicted molar refractivity (Wildman–Crippen MR) is 95.4 cm³/mol. The summed E-state index contributed by atoms with van der Waals surface area (Å²) in [6.45, 7) is 0.373. The average molecular weight is 355 g/mol. The van der Waals surface area contributed by atoms with E-state index in [4.69, 9.17) is 14.2 Å². The van der Waals surface area contributed by atoms with Crippen molar-refractivity contribution < 1.29 is 23.8 Å². The Balaban J connectivity index is 1.62. The number of para-hydroxylation sites is 1. The van der Waals surface area contributed by atoms with E-state index in [1.54, 1.807) is 26.4 Å². The first kappa shape index (κ1) is 17.8. The van der Waals surface area contributed by atoms with Crippen LogP contribution < -0.4 is 19.5 Å². The number of carbonyl (C=O) groups is 2. The van der Waals surface area contributed by atoms with E-state index in [9.17, 15) is 9.59 Å². The fourth-order valence-electron chi connectivity index (χ4n) is 3.06. The molecule has 2 aromatic carbocycles. The predicted octanol–water partition coefficient (Wildman–Crippen LogP) is 2.80. The lowest BCUT2D eigenvalue weighted by molar-refractivity contribution is -0.136. The number of nitrogens with one attached hydrogen (secondary N) is 1. The van der Waals surface area contributed by atoms with Crippen LogP contribution in [0.4, 0.5) is 0 Å². The molecular formula is C20H21NO5. The molecule has 1 aliphatic heterocycles. The maximum Gasteiger partial charge on any atom is 0.311 e. The first-order chi connectivity index (χ1) is 12.6. The molecule has 0 radical (unpaired) electrons. The SMILES string of the molecule is COc1ccc(CNC(=O)C[C@H]2CC(=O)Oc3ccccc32)cc1OC. The Bertz CT molecular complexity index is 818. The second kappa shape index (κ2) is 7.91. The van der Waals surface area contributed by atoms with Gasteiger partial charge in [-0.25, -0.2) is 0 Å². The number of carbonyl (C=O) groups excluding carboxylic acids is 2. The maximum atomic E-state index is 12.4. The number of hydrogen-bond acceptors (Lipinski definition) is 5. The van der Waals surface area contributed by atoms with Crippen LogP contribution in [0.5, 0.6) is 17.2 Å². The minimum Gasteiger partial charge on any atom is -0.493 e. The van der Waals surface area contributed by atoms with Gasteiger partial charge in [-0.3, -0.25) is 9.59 Å². The Hall–Kier alpha value is -3.02. The van der Waals surface area contributed by atoms with Crippen molar-refractivity contribution in [1.82, 2.24) is 5.32 Å². The van der Waals surface area contributed by atoms with E-state index in [-0.39, 0.29) is 30.6 Å². The van der Waals surface area contributed by atoms with Crippen LogP contribution in [0.3, 0.4) is 0 Å². The average Bonchev–Trinajstić information content (AvgIpc) is 2.66. The van der Waals surface area contributed by atoms with Gasteiger partial charge in [-0.15, -0.1) is 0 Å². The zero-order valence-corrected chi connectivity index (χ0v) is 14.8. The van der Waals surface area contributed by atoms with Gasteiger partial charge in [-0.1, -0.05) is 24.3 Å². The van der Waals surface area contributed by atoms with Crippen molar-refractivity contribution in [2.24, 2.45) is 0 Å². The number of amides is 1. The Morgan fingerprint density at radius 1 is 1.15 bits per heavy atom. The highest BCUT2D eigenvalue weighted by atomic mass is 16.5. The summed E-state index contributed by atoms with van der Waals surface area (Å²) in [5.74, 6) is 1.21. The Morgan fingerprint density at radius 3 is 2.69 bits per heavy atom. The molecule has 6 nitrogen and oxygen atoms in total. The van der Waals surface area contributed by atoms with E-state index in [0.29, 0.717) is 23.8 Å². The molecule has 1 N–H and O–H groups in total. The summed E-state index contributed by atoms with van der Waals surface area (Å²) in [5.41, 5.74) is 1.80. The van der Waals surface area contributed by atoms with Gasteiger partial charge in [0.1, 0.15) is 5.75 Å². The molecule has 0 spiro atoms. The van der Waals surface area contributed by atoms with Crippen molar-refractivity contribution in [3.63, 3.8) is 0 Å². The van der Waals surface area contributed by atoms with Crippen molar-refractivity contribution >= 4 is 11.9 Å². The lowest BCUT2D eigenvalue weighted by Crippen LogP contribution is -2.28. The Kier molecular flexibility index (Phi) is 5.41. The van der Waals surface area contributed by atoms with Gasteiger partial charge in [-0.05, 0) is 29.3 Å². The van der Waals surface area contributed by atoms with E-state index in [2.05, 4.69) is 5.32 Å². The third-order valence-electron chi connectivity index (χ3n) is 4.37. The van der Waals surface area contributed by atoms with Crippen LogP contribution >= 0.6 is 0 Å². The molecule has 3 rings (SSSR count). The monoisotopic (exact) mass is 355 g/mol. The normalized spacial score (nSPS) is 15.6. The molecule has 26 heavy (non-hydrogen) atoms. The van der Waals surface area contributed by atoms with E-state index >= 15 is 0 Å². The van der Waals surface area contributed by atoms with E-state index < -0.39 is 0 Å². The zero-order chi connectivity index (χ0) is 18.5. The molecule has 1 heterocycles. The van der Waals surface area contributed by atoms with Gasteiger partial charge in [-0.2, -0.15) is 0 Å². The van der Waals surface area contributed by atoms with E-state index in [1.807, 2.05) is 30.3 Å². The summed E-state index contributed by atoms with van der Waals surface area (Å²) >= 11 is 0. The highest BCUT2D eigenvalue weighted by Gasteiger charge is 2.28. The molecule has 0 unspecified atom stereocenters. The fraction of sp³-hybridized carbons (Fsp3) is 0.300. The van der Waals surface area contributed by atoms with Gasteiger partial charge in [0, 0.05) is 18.9 Å². The van der Waals surface area contributed by atoms with Crippen LogP contribution in [0.2, 0.25) is 0 Å². The third-order valence-corrected chi connectivity index (χ3v) is 4.37. The van der Waals surface area contributed by atoms with Crippen LogP contribution in [-0.4, -0.2) is 26.1 Å². The zero-order valence-electron chi connectivity index (χ0n) is 14.8. The quantitative estimate of drug-likeness (QED) is 0.637. The molecule has 2 aromatic rings. The number of esters is 1. The van der Waals surface area contributed by atoms with Crippen LogP contribution in [0.1, 0.15) is 29.9 Å². The highest BCUT2D eigenvalue weighted by Crippen LogP contribution is 2.36. The number of benzene rings is 2. The van der Waals surface area contributed by atoms with Crippen molar-refractivity contribution in [2.75, 3.05) is 14.2 Å². The van der Waals surface area contributed by atoms with Gasteiger partial charge in [0.05, 0.1) is 20.6 Å². The molecule has 1 aliphatic rings. The first-order valence-corrected chi connectivity index (χ1v) is 8.38. The molecule has 0 aliphatic carbocycles. The van der Waals surface area contributed by atoms with Crippen molar-refractivity contribution in [3.8, 4) is 17.2 Å². The summed E-state index contributed by atoms with van der Waals surface area (Å²) < 4.78 is 15.7. The Labute approximate surface area is 152 Å². The van der Waals surface area contributed by atoms with E-state index in [0.717, 1.165) is 11.1 Å². The molecule has 1 atom stereocenters. The second-order valence-corrected chi connectivity index (χ2v) is 6.08. The van der Waals surface area contributed by atoms with Gasteiger partial charge < -0.3 is 19.5 Å². The standard InChI is InChI=1S/C20H21NO5/c1-24-17-8-7-13(9-18(17)25-2)12-21-19(22)10-14-11-20(23)26-16-6-4-3-5-15(14)16/h3-9,14H,10-12H2,1-2H3,(H,21,22)/t14-/m0/s1. The lowest BCUT2D eigenvalue weighted by atomic mass is 9.89. The highest BCUT2D eigenvalue weighted by molar-refractivity contribution is 5.81. The van der Waals surface area contributed by atoms with Crippen molar-refractivity contribution in [2.45, 2.75) is 25.3 Å². The first-order valence-electron chi connectivity index (χ1n) is 8.38. The van der Waals surface area contributed by atoms with E-state index in [1.165, 1.54) is 0 Å². The van der Waals surface area contributed by atoms with Crippen LogP contribution in [0, 0.1) is 0 Å². The minimum atomic E-state index is -0.304. The topological polar surface area (TPSA) is 73.9 Å². The summed E-state index contributed by atoms with van der Waals surface area (Å²) in [6.07, 6.45) is 0.445. The largest absolute Gasteiger partial charge is 0.493 e. The molecule has 6 heteroatoms. The number of ether oxygens (including phenoxy) is 3. The summed E-state index contributed by atoms with van der Waals surface area (Å²) in [5, 5.41) is 2.89. The fourth-order valence-corrected chi connectivity index (χ4v) is 3.06. The van der Waals surface area contributed by atoms with Crippen LogP contribution in [-0.2, 0) is 16.1 Å². The third kappa shape index (κ3) is 3.96. The number of methoxy groups -OCH3 is 2. The molecule has 0 saturated carbocycles. The molecule has 0 fully saturated rings. The second-order valence-electron chi connectivity index (χ2n) is 6.08. The van der Waals surface area contributed by atoms with Gasteiger partial charge >= 0.3 is 5.97 Å². The van der Waals surface area contributed by atoms with Crippen molar-refractivity contribution in [3.05, 3.63) is 53.6 Å². The number of fused-ring (bicyclic) bond motifs is 1. The van der Waals surface area contributed by atoms with Gasteiger partial charge in [0.15, 0.2) is 11.5 Å². The molecule has 0 saturated heterocycles. The summed E-state index contributed by atoms with van der Waals surface area (Å²) in [6, 6.07) is 12.8. The molecule has 136 valence electrons. The summed E-state index contributed by atoms with van der Waals surface area (Å²) in [7, 11) is 3.14. The van der Waals surface area contributed by atoms with Crippen LogP contribution in [0.15, 0.2) is 42.5 Å². The Morgan fingerprint density at radius 2 is 1.92 bits per heavy atom. The maximum absolute atomic E-state index is 12.4. The van der Waals surface area contributed by atoms with Crippen LogP contribution in [0.25, 0.3) is 0 Å². The number of rotatable bonds is 6. The molecule has 0 bridgehead atoms. The minimum absolute atomic E-state index is 0.116. The molecule has 0 aromatic heterocycles. The summed E-state index contributed by atoms with van der Waals surface area (Å²) in [4.78, 5) is 24.1. The van der Waals surface area contributed by atoms with Gasteiger partial charge in [0.25, 0.3) is 0 Å². The lowest BCUT2D eigenvalue weighted by Gasteiger charge is -2.23. The van der Waals surface area contributed by atoms with Crippen molar-refractivity contribution in [1.29, 1.82) is 0 Å².